The van der Waals surface area contributed by atoms with E-state index in [2.05, 4.69) is 22.5 Å². The van der Waals surface area contributed by atoms with Crippen molar-refractivity contribution in [2.45, 2.75) is 38.0 Å². The van der Waals surface area contributed by atoms with E-state index in [0.29, 0.717) is 24.6 Å². The summed E-state index contributed by atoms with van der Waals surface area (Å²) in [5.41, 5.74) is 1.11. The average molecular weight is 431 g/mol. The number of benzene rings is 1. The van der Waals surface area contributed by atoms with Gasteiger partial charge in [0.15, 0.2) is 5.96 Å². The molecule has 0 aliphatic carbocycles. The van der Waals surface area contributed by atoms with E-state index in [1.165, 1.54) is 19.3 Å². The van der Waals surface area contributed by atoms with Gasteiger partial charge in [0.1, 0.15) is 5.76 Å². The lowest BCUT2D eigenvalue weighted by Crippen LogP contribution is -2.40. The number of aliphatic imine (C=N–C) groups is 1. The molecule has 2 aromatic rings. The molecule has 1 aromatic heterocycles. The molecular weight excluding hydrogens is 396 g/mol. The SMILES string of the molecule is CCNC(=NCC(c1ccco1)N1CCCCC1)NCCS(=O)Cc1ccccc1. The maximum atomic E-state index is 12.4. The van der Waals surface area contributed by atoms with Crippen molar-refractivity contribution in [2.75, 3.05) is 38.5 Å². The Morgan fingerprint density at radius 3 is 2.63 bits per heavy atom. The van der Waals surface area contributed by atoms with Gasteiger partial charge in [-0.3, -0.25) is 14.1 Å². The molecular formula is C23H34N4O2S. The number of rotatable bonds is 10. The molecule has 2 N–H and O–H groups in total. The lowest BCUT2D eigenvalue weighted by Gasteiger charge is -2.32. The predicted molar refractivity (Wildman–Crippen MR) is 124 cm³/mol. The minimum absolute atomic E-state index is 0.156. The first-order valence-electron chi connectivity index (χ1n) is 10.9. The second kappa shape index (κ2) is 12.5. The summed E-state index contributed by atoms with van der Waals surface area (Å²) in [6, 6.07) is 14.1. The summed E-state index contributed by atoms with van der Waals surface area (Å²) in [5, 5.41) is 6.64. The maximum Gasteiger partial charge on any atom is 0.191 e. The lowest BCUT2D eigenvalue weighted by molar-refractivity contribution is 0.150. The van der Waals surface area contributed by atoms with E-state index in [4.69, 9.17) is 9.41 Å². The minimum atomic E-state index is -0.901. The molecule has 0 radical (unpaired) electrons. The normalized spacial score (nSPS) is 17.4. The predicted octanol–water partition coefficient (Wildman–Crippen LogP) is 3.31. The lowest BCUT2D eigenvalue weighted by atomic mass is 10.1. The van der Waals surface area contributed by atoms with Crippen molar-refractivity contribution in [2.24, 2.45) is 4.99 Å². The van der Waals surface area contributed by atoms with Crippen molar-refractivity contribution in [3.63, 3.8) is 0 Å². The standard InChI is InChI=1S/C23H34N4O2S/c1-2-24-23(25-13-17-30(28)19-20-10-5-3-6-11-20)26-18-21(22-12-9-16-29-22)27-14-7-4-8-15-27/h3,5-6,9-12,16,21H,2,4,7-8,13-15,17-19H2,1H3,(H2,24,25,26). The van der Waals surface area contributed by atoms with Crippen LogP contribution in [0.3, 0.4) is 0 Å². The fraction of sp³-hybridized carbons (Fsp3) is 0.522. The third-order valence-corrected chi connectivity index (χ3v) is 6.58. The van der Waals surface area contributed by atoms with E-state index in [1.807, 2.05) is 42.5 Å². The van der Waals surface area contributed by atoms with Crippen LogP contribution >= 0.6 is 0 Å². The Balaban J connectivity index is 1.53. The zero-order valence-corrected chi connectivity index (χ0v) is 18.7. The number of likely N-dealkylation sites (tertiary alicyclic amines) is 1. The molecule has 0 saturated carbocycles. The third-order valence-electron chi connectivity index (χ3n) is 5.26. The summed E-state index contributed by atoms with van der Waals surface area (Å²) in [7, 11) is -0.901. The van der Waals surface area contributed by atoms with Gasteiger partial charge in [0.05, 0.1) is 18.8 Å². The molecule has 6 nitrogen and oxygen atoms in total. The Bertz CT molecular complexity index is 774. The van der Waals surface area contributed by atoms with Crippen LogP contribution in [0, 0.1) is 0 Å². The fourth-order valence-corrected chi connectivity index (χ4v) is 4.77. The summed E-state index contributed by atoms with van der Waals surface area (Å²) in [4.78, 5) is 7.30. The van der Waals surface area contributed by atoms with Crippen molar-refractivity contribution in [1.29, 1.82) is 0 Å². The van der Waals surface area contributed by atoms with E-state index < -0.39 is 10.8 Å². The van der Waals surface area contributed by atoms with Crippen LogP contribution in [0.2, 0.25) is 0 Å². The van der Waals surface area contributed by atoms with Crippen LogP contribution in [-0.4, -0.2) is 53.5 Å². The quantitative estimate of drug-likeness (QED) is 0.447. The number of hydrogen-bond donors (Lipinski definition) is 2. The van der Waals surface area contributed by atoms with Crippen LogP contribution in [0.4, 0.5) is 0 Å². The molecule has 3 rings (SSSR count). The monoisotopic (exact) mass is 430 g/mol. The fourth-order valence-electron chi connectivity index (χ4n) is 3.73. The highest BCUT2D eigenvalue weighted by molar-refractivity contribution is 7.84. The number of nitrogens with zero attached hydrogens (tertiary/aromatic N) is 2. The summed E-state index contributed by atoms with van der Waals surface area (Å²) in [5.74, 6) is 2.92. The number of hydrogen-bond acceptors (Lipinski definition) is 4. The second-order valence-electron chi connectivity index (χ2n) is 7.55. The molecule has 0 bridgehead atoms. The first-order valence-corrected chi connectivity index (χ1v) is 12.4. The summed E-state index contributed by atoms with van der Waals surface area (Å²) in [6.45, 7) is 6.27. The van der Waals surface area contributed by atoms with Crippen molar-refractivity contribution >= 4 is 16.8 Å². The van der Waals surface area contributed by atoms with E-state index in [9.17, 15) is 4.21 Å². The summed E-state index contributed by atoms with van der Waals surface area (Å²) in [6.07, 6.45) is 5.50. The minimum Gasteiger partial charge on any atom is -0.468 e. The van der Waals surface area contributed by atoms with Gasteiger partial charge in [-0.25, -0.2) is 0 Å². The van der Waals surface area contributed by atoms with Gasteiger partial charge >= 0.3 is 0 Å². The highest BCUT2D eigenvalue weighted by Gasteiger charge is 2.24. The Labute approximate surface area is 182 Å². The molecule has 2 heterocycles. The number of nitrogens with one attached hydrogen (secondary N) is 2. The smallest absolute Gasteiger partial charge is 0.191 e. The Morgan fingerprint density at radius 1 is 1.13 bits per heavy atom. The van der Waals surface area contributed by atoms with E-state index >= 15 is 0 Å². The first kappa shape index (κ1) is 22.6. The molecule has 0 spiro atoms. The zero-order chi connectivity index (χ0) is 21.0. The first-order chi connectivity index (χ1) is 14.8. The molecule has 0 amide bonds. The van der Waals surface area contributed by atoms with Gasteiger partial charge in [-0.05, 0) is 50.6 Å². The van der Waals surface area contributed by atoms with Gasteiger partial charge in [-0.15, -0.1) is 0 Å². The van der Waals surface area contributed by atoms with Crippen LogP contribution in [0.15, 0.2) is 58.1 Å². The molecule has 30 heavy (non-hydrogen) atoms. The molecule has 1 aliphatic heterocycles. The van der Waals surface area contributed by atoms with Crippen molar-refractivity contribution in [1.82, 2.24) is 15.5 Å². The molecule has 1 aliphatic rings. The van der Waals surface area contributed by atoms with Crippen molar-refractivity contribution in [3.8, 4) is 0 Å². The van der Waals surface area contributed by atoms with Crippen molar-refractivity contribution in [3.05, 3.63) is 60.1 Å². The highest BCUT2D eigenvalue weighted by atomic mass is 32.2. The summed E-state index contributed by atoms with van der Waals surface area (Å²) < 4.78 is 18.1. The average Bonchev–Trinajstić information content (AvgIpc) is 3.30. The van der Waals surface area contributed by atoms with E-state index in [-0.39, 0.29) is 6.04 Å². The van der Waals surface area contributed by atoms with Crippen LogP contribution in [-0.2, 0) is 16.6 Å². The van der Waals surface area contributed by atoms with Gasteiger partial charge in [0.25, 0.3) is 0 Å². The van der Waals surface area contributed by atoms with Gasteiger partial charge in [-0.2, -0.15) is 0 Å². The number of furan rings is 1. The van der Waals surface area contributed by atoms with Gasteiger partial charge in [0, 0.05) is 35.4 Å². The highest BCUT2D eigenvalue weighted by Crippen LogP contribution is 2.25. The molecule has 164 valence electrons. The number of guanidine groups is 1. The van der Waals surface area contributed by atoms with Crippen LogP contribution in [0.5, 0.6) is 0 Å². The van der Waals surface area contributed by atoms with E-state index in [0.717, 1.165) is 36.9 Å². The van der Waals surface area contributed by atoms with Crippen molar-refractivity contribution < 1.29 is 8.63 Å². The molecule has 2 atom stereocenters. The molecule has 1 saturated heterocycles. The second-order valence-corrected chi connectivity index (χ2v) is 9.12. The molecule has 2 unspecified atom stereocenters. The van der Waals surface area contributed by atoms with Crippen LogP contribution in [0.1, 0.15) is 43.6 Å². The van der Waals surface area contributed by atoms with Gasteiger partial charge < -0.3 is 15.1 Å². The Kier molecular flexibility index (Phi) is 9.44. The van der Waals surface area contributed by atoms with Gasteiger partial charge in [-0.1, -0.05) is 36.8 Å². The molecule has 1 fully saturated rings. The Morgan fingerprint density at radius 2 is 1.93 bits per heavy atom. The summed E-state index contributed by atoms with van der Waals surface area (Å²) >= 11 is 0. The topological polar surface area (TPSA) is 69.9 Å². The third kappa shape index (κ3) is 7.29. The van der Waals surface area contributed by atoms with Gasteiger partial charge in [0.2, 0.25) is 0 Å². The molecule has 7 heteroatoms. The van der Waals surface area contributed by atoms with Crippen LogP contribution in [0.25, 0.3) is 0 Å². The molecule has 1 aromatic carbocycles. The maximum absolute atomic E-state index is 12.4. The van der Waals surface area contributed by atoms with Crippen LogP contribution < -0.4 is 10.6 Å². The zero-order valence-electron chi connectivity index (χ0n) is 17.9. The number of piperidine rings is 1. The largest absolute Gasteiger partial charge is 0.468 e. The Hall–Kier alpha value is -2.12. The van der Waals surface area contributed by atoms with E-state index in [1.54, 1.807) is 6.26 Å².